The third-order valence-electron chi connectivity index (χ3n) is 1.14. The number of nitrogens with one attached hydrogen (secondary N) is 2. The largest absolute Gasteiger partial charge is 0.369 e. The number of hydrogen-bond acceptors (Lipinski definition) is 4. The van der Waals surface area contributed by atoms with Crippen molar-refractivity contribution in [2.24, 2.45) is 0 Å². The van der Waals surface area contributed by atoms with Crippen LogP contribution >= 0.6 is 0 Å². The Kier molecular flexibility index (Phi) is 0.437. The summed E-state index contributed by atoms with van der Waals surface area (Å²) in [4.78, 5) is 19.3. The average Bonchev–Trinajstić information content (AvgIpc) is 2.50. The van der Waals surface area contributed by atoms with E-state index in [-0.39, 0.29) is 21.9 Å². The fraction of sp³-hybridized carbons (Fsp3) is 0. The van der Waals surface area contributed by atoms with Crippen LogP contribution in [0.3, 0.4) is 0 Å². The summed E-state index contributed by atoms with van der Waals surface area (Å²) in [5.74, 6) is -0.578. The molecule has 0 unspecified atom stereocenters. The molecular formula is C5H5N5O. The Morgan fingerprint density at radius 1 is 1.91 bits per heavy atom. The first-order chi connectivity index (χ1) is 7.43. The number of nitrogen functional groups attached to an aromatic ring is 1. The molecule has 56 valence electrons. The van der Waals surface area contributed by atoms with Crippen molar-refractivity contribution in [2.45, 2.75) is 0 Å². The predicted molar refractivity (Wildman–Crippen MR) is 38.9 cm³/mol. The van der Waals surface area contributed by atoms with Crippen molar-refractivity contribution < 1.29 is 7.02 Å². The molecule has 6 nitrogen and oxygen atoms in total. The standard InChI is InChI=1S/C5H5N5O/c6-5-9-3-2(4(11)10-5)7-1-8-3/h1H,(H4,6,7,8,9,10,11)/i1D/hD4. The maximum absolute atomic E-state index is 11.5. The molecule has 2 aromatic heterocycles. The summed E-state index contributed by atoms with van der Waals surface area (Å²) in [6.45, 7) is 0. The highest BCUT2D eigenvalue weighted by Crippen LogP contribution is 1.98. The van der Waals surface area contributed by atoms with Gasteiger partial charge in [-0.05, 0) is 0 Å². The molecule has 0 aliphatic carbocycles. The molecule has 2 aromatic rings. The molecule has 2 rings (SSSR count). The number of anilines is 1. The molecule has 6 heteroatoms. The van der Waals surface area contributed by atoms with Gasteiger partial charge in [0, 0.05) is 0 Å². The highest BCUT2D eigenvalue weighted by atomic mass is 16.1. The normalized spacial score (nSPS) is 16.5. The van der Waals surface area contributed by atoms with E-state index in [9.17, 15) is 4.79 Å². The van der Waals surface area contributed by atoms with Crippen molar-refractivity contribution in [1.82, 2.24) is 19.9 Å². The number of nitrogens with two attached hydrogens (primary N) is 1. The SMILES string of the molecule is [2H]c1nc2c(=O)n([2H])c(N([2H])[2H])nc2n1[2H]. The second-order valence-electron chi connectivity index (χ2n) is 1.82. The number of imidazole rings is 1. The van der Waals surface area contributed by atoms with Crippen molar-refractivity contribution in [3.8, 4) is 0 Å². The minimum Gasteiger partial charge on any atom is -0.369 e. The number of fused-ring (bicyclic) bond motifs is 1. The van der Waals surface area contributed by atoms with E-state index < -0.39 is 17.8 Å². The smallest absolute Gasteiger partial charge is 0.280 e. The maximum atomic E-state index is 11.5. The van der Waals surface area contributed by atoms with E-state index in [4.69, 9.17) is 7.02 Å². The molecule has 0 atom stereocenters. The van der Waals surface area contributed by atoms with E-state index in [0.29, 0.717) is 4.98 Å². The number of nitrogens with zero attached hydrogens (tertiary/aromatic N) is 2. The Morgan fingerprint density at radius 2 is 2.82 bits per heavy atom. The van der Waals surface area contributed by atoms with Gasteiger partial charge in [-0.3, -0.25) is 9.77 Å². The van der Waals surface area contributed by atoms with Crippen molar-refractivity contribution in [2.75, 3.05) is 5.72 Å². The monoisotopic (exact) mass is 156 g/mol. The topological polar surface area (TPSA) is 100 Å². The van der Waals surface area contributed by atoms with E-state index in [0.717, 1.165) is 0 Å². The predicted octanol–water partition coefficient (Wildman–Crippen LogP) is -0.772. The van der Waals surface area contributed by atoms with Crippen molar-refractivity contribution in [3.05, 3.63) is 16.7 Å². The molecule has 4 N–H and O–H groups in total. The fourth-order valence-corrected chi connectivity index (χ4v) is 0.710. The molecule has 0 saturated carbocycles. The number of aromatic nitrogens is 4. The third kappa shape index (κ3) is 0.759. The van der Waals surface area contributed by atoms with Crippen LogP contribution in [0.15, 0.2) is 11.1 Å². The molecule has 0 spiro atoms. The quantitative estimate of drug-likeness (QED) is 0.504. The lowest BCUT2D eigenvalue weighted by Gasteiger charge is -1.89. The zero-order valence-corrected chi connectivity index (χ0v) is 5.14. The molecule has 0 aliphatic heterocycles. The van der Waals surface area contributed by atoms with Crippen LogP contribution in [0.25, 0.3) is 11.2 Å². The summed E-state index contributed by atoms with van der Waals surface area (Å²) in [5, 5.41) is 0. The maximum Gasteiger partial charge on any atom is 0.280 e. The van der Waals surface area contributed by atoms with Gasteiger partial charge in [0.05, 0.1) is 6.30 Å². The lowest BCUT2D eigenvalue weighted by molar-refractivity contribution is 1.17. The molecule has 0 aromatic carbocycles. The number of rotatable bonds is 1. The van der Waals surface area contributed by atoms with Crippen molar-refractivity contribution in [1.29, 1.82) is 0 Å². The number of H-pyrrole nitrogens is 2. The fourth-order valence-electron chi connectivity index (χ4n) is 0.710. The van der Waals surface area contributed by atoms with E-state index in [1.807, 2.05) is 0 Å². The van der Waals surface area contributed by atoms with Crippen LogP contribution in [0.4, 0.5) is 5.95 Å². The molecule has 0 fully saturated rings. The first-order valence-corrected chi connectivity index (χ1v) is 2.72. The Labute approximate surface area is 67.7 Å². The third-order valence-corrected chi connectivity index (χ3v) is 1.14. The minimum absolute atomic E-state index is 0.0234. The van der Waals surface area contributed by atoms with Gasteiger partial charge in [0.15, 0.2) is 16.8 Å². The molecular weight excluding hydrogens is 146 g/mol. The summed E-state index contributed by atoms with van der Waals surface area (Å²) in [7, 11) is 0. The molecule has 0 saturated heterocycles. The summed E-state index contributed by atoms with van der Waals surface area (Å²) in [6, 6.07) is 0. The lowest BCUT2D eigenvalue weighted by Crippen LogP contribution is -2.10. The molecule has 0 bridgehead atoms. The van der Waals surface area contributed by atoms with Gasteiger partial charge in [0.25, 0.3) is 5.56 Å². The molecule has 2 heterocycles. The van der Waals surface area contributed by atoms with Crippen LogP contribution in [0.1, 0.15) is 1.37 Å². The van der Waals surface area contributed by atoms with E-state index in [2.05, 4.69) is 9.97 Å². The van der Waals surface area contributed by atoms with Gasteiger partial charge in [0.2, 0.25) is 5.95 Å². The van der Waals surface area contributed by atoms with Gasteiger partial charge >= 0.3 is 0 Å². The highest BCUT2D eigenvalue weighted by molar-refractivity contribution is 5.69. The number of aromatic amines is 2. The lowest BCUT2D eigenvalue weighted by atomic mass is 10.5. The zero-order valence-electron chi connectivity index (χ0n) is 10.1. The Hall–Kier alpha value is -1.85. The Bertz CT molecular complexity index is 618. The molecule has 0 radical (unpaired) electrons. The summed E-state index contributed by atoms with van der Waals surface area (Å²) >= 11 is 0. The van der Waals surface area contributed by atoms with E-state index in [1.54, 1.807) is 0 Å². The molecule has 11 heavy (non-hydrogen) atoms. The highest BCUT2D eigenvalue weighted by Gasteiger charge is 2.01. The average molecular weight is 156 g/mol. The minimum atomic E-state index is -0.927. The van der Waals surface area contributed by atoms with Gasteiger partial charge < -0.3 is 10.7 Å². The van der Waals surface area contributed by atoms with Crippen LogP contribution in [-0.4, -0.2) is 19.9 Å². The Morgan fingerprint density at radius 3 is 3.64 bits per heavy atom. The van der Waals surface area contributed by atoms with Crippen LogP contribution in [0, 0.1) is 0 Å². The van der Waals surface area contributed by atoms with Crippen molar-refractivity contribution in [3.63, 3.8) is 0 Å². The van der Waals surface area contributed by atoms with Gasteiger partial charge in [-0.15, -0.1) is 0 Å². The number of hydrogen-bond donors (Lipinski definition) is 3. The van der Waals surface area contributed by atoms with Gasteiger partial charge in [-0.2, -0.15) is 4.98 Å². The Balaban J connectivity index is 2.95. The second kappa shape index (κ2) is 1.82. The van der Waals surface area contributed by atoms with Gasteiger partial charge in [-0.25, -0.2) is 4.98 Å². The van der Waals surface area contributed by atoms with Crippen molar-refractivity contribution >= 4 is 17.1 Å². The second-order valence-corrected chi connectivity index (χ2v) is 1.82. The van der Waals surface area contributed by atoms with Crippen LogP contribution in [0.2, 0.25) is 5.65 Å². The summed E-state index contributed by atoms with van der Waals surface area (Å²) < 4.78 is 35.7. The summed E-state index contributed by atoms with van der Waals surface area (Å²) in [5.41, 5.74) is -1.51. The van der Waals surface area contributed by atoms with Gasteiger partial charge in [0.1, 0.15) is 1.37 Å². The van der Waals surface area contributed by atoms with Crippen LogP contribution in [0.5, 0.6) is 0 Å². The van der Waals surface area contributed by atoms with E-state index >= 15 is 0 Å². The first-order valence-electron chi connectivity index (χ1n) is 5.01. The summed E-state index contributed by atoms with van der Waals surface area (Å²) in [6.07, 6.45) is -0.502. The first kappa shape index (κ1) is 2.65. The van der Waals surface area contributed by atoms with E-state index in [1.165, 1.54) is 0 Å². The molecule has 0 amide bonds. The molecule has 0 aliphatic rings. The van der Waals surface area contributed by atoms with Crippen LogP contribution < -0.4 is 11.3 Å². The zero-order chi connectivity index (χ0) is 12.0. The van der Waals surface area contributed by atoms with Gasteiger partial charge in [-0.1, -0.05) is 0 Å². The van der Waals surface area contributed by atoms with Crippen LogP contribution in [-0.2, 0) is 0 Å².